The van der Waals surface area contributed by atoms with Crippen molar-refractivity contribution in [2.75, 3.05) is 13.2 Å². The van der Waals surface area contributed by atoms with Crippen molar-refractivity contribution in [2.45, 2.75) is 18.9 Å². The van der Waals surface area contributed by atoms with Crippen LogP contribution in [0.2, 0.25) is 0 Å². The van der Waals surface area contributed by atoms with Gasteiger partial charge in [0.1, 0.15) is 0 Å². The molecule has 0 aromatic heterocycles. The second kappa shape index (κ2) is 4.80. The summed E-state index contributed by atoms with van der Waals surface area (Å²) in [6, 6.07) is 4.48. The Kier molecular flexibility index (Phi) is 3.41. The number of hydrogen-bond acceptors (Lipinski definition) is 3. The molecule has 88 valence electrons. The Morgan fingerprint density at radius 1 is 1.44 bits per heavy atom. The second-order valence-electron chi connectivity index (χ2n) is 4.29. The van der Waals surface area contributed by atoms with Gasteiger partial charge in [-0.1, -0.05) is 6.07 Å². The third-order valence-electron chi connectivity index (χ3n) is 2.81. The van der Waals surface area contributed by atoms with Gasteiger partial charge in [-0.15, -0.1) is 0 Å². The van der Waals surface area contributed by atoms with E-state index in [2.05, 4.69) is 0 Å². The summed E-state index contributed by atoms with van der Waals surface area (Å²) in [5.74, 6) is 0.562. The molecular weight excluding hydrogens is 207 g/mol. The van der Waals surface area contributed by atoms with Crippen LogP contribution in [0, 0.1) is 11.7 Å². The third-order valence-corrected chi connectivity index (χ3v) is 2.81. The molecule has 0 saturated heterocycles. The van der Waals surface area contributed by atoms with E-state index in [1.54, 1.807) is 12.1 Å². The van der Waals surface area contributed by atoms with Crippen LogP contribution in [0.15, 0.2) is 18.2 Å². The SMILES string of the molecule is NCC(N)c1ccc(OCC2CC2)c(F)c1. The molecule has 1 fully saturated rings. The molecule has 1 aliphatic rings. The van der Waals surface area contributed by atoms with Gasteiger partial charge < -0.3 is 16.2 Å². The average molecular weight is 224 g/mol. The quantitative estimate of drug-likeness (QED) is 0.798. The normalized spacial score (nSPS) is 17.2. The third kappa shape index (κ3) is 2.71. The van der Waals surface area contributed by atoms with E-state index in [1.807, 2.05) is 0 Å². The summed E-state index contributed by atoms with van der Waals surface area (Å²) in [7, 11) is 0. The molecule has 1 aromatic carbocycles. The fraction of sp³-hybridized carbons (Fsp3) is 0.500. The van der Waals surface area contributed by atoms with Gasteiger partial charge in [-0.3, -0.25) is 0 Å². The largest absolute Gasteiger partial charge is 0.490 e. The van der Waals surface area contributed by atoms with Crippen LogP contribution in [0.5, 0.6) is 5.75 Å². The summed E-state index contributed by atoms with van der Waals surface area (Å²) >= 11 is 0. The van der Waals surface area contributed by atoms with Gasteiger partial charge in [-0.05, 0) is 36.5 Å². The first-order valence-corrected chi connectivity index (χ1v) is 5.58. The van der Waals surface area contributed by atoms with Crippen molar-refractivity contribution in [1.82, 2.24) is 0 Å². The van der Waals surface area contributed by atoms with E-state index in [-0.39, 0.29) is 11.9 Å². The van der Waals surface area contributed by atoms with Crippen LogP contribution in [0.1, 0.15) is 24.4 Å². The minimum Gasteiger partial charge on any atom is -0.490 e. The summed E-state index contributed by atoms with van der Waals surface area (Å²) in [6.45, 7) is 0.918. The van der Waals surface area contributed by atoms with Crippen molar-refractivity contribution in [3.63, 3.8) is 0 Å². The first-order chi connectivity index (χ1) is 7.70. The lowest BCUT2D eigenvalue weighted by Gasteiger charge is -2.11. The monoisotopic (exact) mass is 224 g/mol. The van der Waals surface area contributed by atoms with Gasteiger partial charge in [0.15, 0.2) is 11.6 Å². The fourth-order valence-electron chi connectivity index (χ4n) is 1.49. The molecule has 0 heterocycles. The molecule has 0 radical (unpaired) electrons. The van der Waals surface area contributed by atoms with E-state index < -0.39 is 0 Å². The van der Waals surface area contributed by atoms with Crippen molar-refractivity contribution in [3.05, 3.63) is 29.6 Å². The molecule has 1 unspecified atom stereocenters. The highest BCUT2D eigenvalue weighted by atomic mass is 19.1. The zero-order valence-electron chi connectivity index (χ0n) is 9.16. The molecule has 4 heteroatoms. The topological polar surface area (TPSA) is 61.3 Å². The summed E-state index contributed by atoms with van der Waals surface area (Å²) in [5.41, 5.74) is 11.8. The molecule has 2 rings (SSSR count). The predicted octanol–water partition coefficient (Wildman–Crippen LogP) is 1.57. The molecule has 0 spiro atoms. The lowest BCUT2D eigenvalue weighted by atomic mass is 10.1. The van der Waals surface area contributed by atoms with Gasteiger partial charge in [0, 0.05) is 12.6 Å². The van der Waals surface area contributed by atoms with E-state index >= 15 is 0 Å². The maximum absolute atomic E-state index is 13.6. The Balaban J connectivity index is 2.02. The highest BCUT2D eigenvalue weighted by Crippen LogP contribution is 2.30. The summed E-state index contributed by atoms with van der Waals surface area (Å²) < 4.78 is 19.0. The van der Waals surface area contributed by atoms with E-state index in [0.717, 1.165) is 0 Å². The molecule has 3 nitrogen and oxygen atoms in total. The predicted molar refractivity (Wildman–Crippen MR) is 60.6 cm³/mol. The van der Waals surface area contributed by atoms with Crippen molar-refractivity contribution in [3.8, 4) is 5.75 Å². The maximum atomic E-state index is 13.6. The Hall–Kier alpha value is -1.13. The van der Waals surface area contributed by atoms with Crippen LogP contribution in [0.3, 0.4) is 0 Å². The lowest BCUT2D eigenvalue weighted by Crippen LogP contribution is -2.20. The number of hydrogen-bond donors (Lipinski definition) is 2. The molecule has 1 saturated carbocycles. The molecule has 0 bridgehead atoms. The first-order valence-electron chi connectivity index (χ1n) is 5.58. The highest BCUT2D eigenvalue weighted by molar-refractivity contribution is 5.31. The minimum absolute atomic E-state index is 0.305. The fourth-order valence-corrected chi connectivity index (χ4v) is 1.49. The van der Waals surface area contributed by atoms with Crippen LogP contribution in [0.25, 0.3) is 0 Å². The molecule has 4 N–H and O–H groups in total. The van der Waals surface area contributed by atoms with E-state index in [0.29, 0.717) is 30.4 Å². The number of nitrogens with two attached hydrogens (primary N) is 2. The van der Waals surface area contributed by atoms with Crippen LogP contribution < -0.4 is 16.2 Å². The molecule has 1 aromatic rings. The zero-order chi connectivity index (χ0) is 11.5. The molecular formula is C12H17FN2O. The van der Waals surface area contributed by atoms with Gasteiger partial charge in [-0.25, -0.2) is 4.39 Å². The van der Waals surface area contributed by atoms with Crippen molar-refractivity contribution in [2.24, 2.45) is 17.4 Å². The number of rotatable bonds is 5. The van der Waals surface area contributed by atoms with E-state index in [9.17, 15) is 4.39 Å². The van der Waals surface area contributed by atoms with Crippen molar-refractivity contribution >= 4 is 0 Å². The highest BCUT2D eigenvalue weighted by Gasteiger charge is 2.22. The summed E-state index contributed by atoms with van der Waals surface area (Å²) in [4.78, 5) is 0. The van der Waals surface area contributed by atoms with Crippen LogP contribution in [0.4, 0.5) is 4.39 Å². The van der Waals surface area contributed by atoms with E-state index in [4.69, 9.17) is 16.2 Å². The Bertz CT molecular complexity index is 366. The van der Waals surface area contributed by atoms with Crippen molar-refractivity contribution < 1.29 is 9.13 Å². The standard InChI is InChI=1S/C12H17FN2O/c13-10-5-9(11(15)6-14)3-4-12(10)16-7-8-1-2-8/h3-5,8,11H,1-2,6-7,14-15H2. The Morgan fingerprint density at radius 2 is 2.19 bits per heavy atom. The van der Waals surface area contributed by atoms with Crippen LogP contribution in [-0.4, -0.2) is 13.2 Å². The molecule has 1 atom stereocenters. The summed E-state index contributed by atoms with van der Waals surface area (Å²) in [6.07, 6.45) is 2.38. The smallest absolute Gasteiger partial charge is 0.165 e. The van der Waals surface area contributed by atoms with Gasteiger partial charge in [0.25, 0.3) is 0 Å². The van der Waals surface area contributed by atoms with E-state index in [1.165, 1.54) is 18.9 Å². The number of ether oxygens (including phenoxy) is 1. The zero-order valence-corrected chi connectivity index (χ0v) is 9.16. The Labute approximate surface area is 94.6 Å². The maximum Gasteiger partial charge on any atom is 0.165 e. The van der Waals surface area contributed by atoms with Gasteiger partial charge >= 0.3 is 0 Å². The van der Waals surface area contributed by atoms with Gasteiger partial charge in [0.05, 0.1) is 6.61 Å². The minimum atomic E-state index is -0.359. The molecule has 16 heavy (non-hydrogen) atoms. The summed E-state index contributed by atoms with van der Waals surface area (Å²) in [5, 5.41) is 0. The molecule has 0 amide bonds. The van der Waals surface area contributed by atoms with Gasteiger partial charge in [-0.2, -0.15) is 0 Å². The molecule has 0 aliphatic heterocycles. The molecule has 1 aliphatic carbocycles. The number of halogens is 1. The van der Waals surface area contributed by atoms with Gasteiger partial charge in [0.2, 0.25) is 0 Å². The van der Waals surface area contributed by atoms with Crippen LogP contribution >= 0.6 is 0 Å². The average Bonchev–Trinajstić information content (AvgIpc) is 3.10. The van der Waals surface area contributed by atoms with Crippen molar-refractivity contribution in [1.29, 1.82) is 0 Å². The second-order valence-corrected chi connectivity index (χ2v) is 4.29. The first kappa shape index (κ1) is 11.4. The number of benzene rings is 1. The Morgan fingerprint density at radius 3 is 2.75 bits per heavy atom. The van der Waals surface area contributed by atoms with Crippen LogP contribution in [-0.2, 0) is 0 Å². The lowest BCUT2D eigenvalue weighted by molar-refractivity contribution is 0.285.